The number of amides is 1. The molecule has 5 nitrogen and oxygen atoms in total. The summed E-state index contributed by atoms with van der Waals surface area (Å²) in [7, 11) is 1.94. The first kappa shape index (κ1) is 13.7. The third kappa shape index (κ3) is 3.41. The number of imidazole rings is 1. The number of nitrogens with zero attached hydrogens (tertiary/aromatic N) is 4. The zero-order valence-corrected chi connectivity index (χ0v) is 12.2. The van der Waals surface area contributed by atoms with E-state index in [9.17, 15) is 4.79 Å². The third-order valence-electron chi connectivity index (χ3n) is 3.00. The Kier molecular flexibility index (Phi) is 4.31. The highest BCUT2D eigenvalue weighted by Gasteiger charge is 2.19. The predicted molar refractivity (Wildman–Crippen MR) is 74.7 cm³/mol. The number of thiazole rings is 1. The van der Waals surface area contributed by atoms with Gasteiger partial charge in [-0.25, -0.2) is 4.98 Å². The Morgan fingerprint density at radius 1 is 1.42 bits per heavy atom. The van der Waals surface area contributed by atoms with Gasteiger partial charge in [-0.1, -0.05) is 0 Å². The first-order valence-corrected chi connectivity index (χ1v) is 7.08. The molecular weight excluding hydrogens is 260 g/mol. The second-order valence-corrected chi connectivity index (χ2v) is 5.73. The molecule has 0 saturated carbocycles. The minimum atomic E-state index is 0.125. The van der Waals surface area contributed by atoms with Crippen LogP contribution in [0.1, 0.15) is 24.4 Å². The SMILES string of the molecule is CC(C)N(Cc1cncn1C)C(=O)Cc1cncs1. The number of hydrogen-bond acceptors (Lipinski definition) is 4. The Labute approximate surface area is 116 Å². The fourth-order valence-corrected chi connectivity index (χ4v) is 2.44. The highest BCUT2D eigenvalue weighted by atomic mass is 32.1. The molecule has 0 atom stereocenters. The van der Waals surface area contributed by atoms with E-state index in [1.54, 1.807) is 24.2 Å². The molecule has 0 aromatic carbocycles. The fourth-order valence-electron chi connectivity index (χ4n) is 1.85. The van der Waals surface area contributed by atoms with Crippen LogP contribution in [0.25, 0.3) is 0 Å². The van der Waals surface area contributed by atoms with Crippen molar-refractivity contribution in [3.05, 3.63) is 34.8 Å². The lowest BCUT2D eigenvalue weighted by Gasteiger charge is -2.26. The lowest BCUT2D eigenvalue weighted by Crippen LogP contribution is -2.37. The first-order chi connectivity index (χ1) is 9.08. The molecule has 0 bridgehead atoms. The van der Waals surface area contributed by atoms with Gasteiger partial charge in [-0.15, -0.1) is 11.3 Å². The van der Waals surface area contributed by atoms with Gasteiger partial charge in [0.2, 0.25) is 5.91 Å². The Morgan fingerprint density at radius 3 is 2.74 bits per heavy atom. The van der Waals surface area contributed by atoms with Gasteiger partial charge in [0.1, 0.15) is 0 Å². The molecule has 2 rings (SSSR count). The van der Waals surface area contributed by atoms with Crippen molar-refractivity contribution in [2.75, 3.05) is 0 Å². The lowest BCUT2D eigenvalue weighted by atomic mass is 10.2. The van der Waals surface area contributed by atoms with E-state index in [-0.39, 0.29) is 11.9 Å². The molecule has 0 aliphatic heterocycles. The van der Waals surface area contributed by atoms with Crippen LogP contribution in [0.4, 0.5) is 0 Å². The van der Waals surface area contributed by atoms with E-state index in [4.69, 9.17) is 0 Å². The quantitative estimate of drug-likeness (QED) is 0.839. The highest BCUT2D eigenvalue weighted by Crippen LogP contribution is 2.13. The summed E-state index contributed by atoms with van der Waals surface area (Å²) in [6, 6.07) is 0.162. The molecule has 2 aromatic rings. The fraction of sp³-hybridized carbons (Fsp3) is 0.462. The average molecular weight is 278 g/mol. The van der Waals surface area contributed by atoms with Crippen molar-refractivity contribution in [2.45, 2.75) is 32.9 Å². The number of hydrogen-bond donors (Lipinski definition) is 0. The summed E-state index contributed by atoms with van der Waals surface area (Å²) < 4.78 is 1.94. The molecule has 0 spiro atoms. The first-order valence-electron chi connectivity index (χ1n) is 6.20. The van der Waals surface area contributed by atoms with E-state index in [1.165, 1.54) is 11.3 Å². The number of rotatable bonds is 5. The van der Waals surface area contributed by atoms with Gasteiger partial charge in [-0.05, 0) is 13.8 Å². The molecule has 19 heavy (non-hydrogen) atoms. The van der Waals surface area contributed by atoms with Gasteiger partial charge in [0.15, 0.2) is 0 Å². The van der Waals surface area contributed by atoms with Crippen molar-refractivity contribution in [3.8, 4) is 0 Å². The van der Waals surface area contributed by atoms with Gasteiger partial charge in [0.25, 0.3) is 0 Å². The molecule has 0 aliphatic carbocycles. The molecule has 0 fully saturated rings. The molecular formula is C13H18N4OS. The molecule has 0 saturated heterocycles. The molecule has 2 heterocycles. The van der Waals surface area contributed by atoms with Crippen LogP contribution in [0.2, 0.25) is 0 Å². The van der Waals surface area contributed by atoms with Crippen LogP contribution in [0.3, 0.4) is 0 Å². The standard InChI is InChI=1S/C13H18N4OS/c1-10(2)17(7-11-5-14-8-16(11)3)13(18)4-12-6-15-9-19-12/h5-6,8-10H,4,7H2,1-3H3. The predicted octanol–water partition coefficient (Wildman–Crippen LogP) is 1.86. The molecule has 0 radical (unpaired) electrons. The summed E-state index contributed by atoms with van der Waals surface area (Å²) in [5, 5.41) is 0. The summed E-state index contributed by atoms with van der Waals surface area (Å²) in [5.74, 6) is 0.125. The maximum absolute atomic E-state index is 12.4. The minimum Gasteiger partial charge on any atom is -0.336 e. The van der Waals surface area contributed by atoms with E-state index in [0.717, 1.165) is 10.6 Å². The summed E-state index contributed by atoms with van der Waals surface area (Å²) in [6.45, 7) is 4.65. The van der Waals surface area contributed by atoms with Crippen LogP contribution in [-0.2, 0) is 24.8 Å². The Bertz CT molecular complexity index is 533. The summed E-state index contributed by atoms with van der Waals surface area (Å²) in [6.07, 6.45) is 5.72. The molecule has 0 N–H and O–H groups in total. The van der Waals surface area contributed by atoms with Gasteiger partial charge in [0, 0.05) is 30.4 Å². The van der Waals surface area contributed by atoms with Crippen LogP contribution >= 0.6 is 11.3 Å². The minimum absolute atomic E-state index is 0.125. The summed E-state index contributed by atoms with van der Waals surface area (Å²) in [4.78, 5) is 23.3. The Morgan fingerprint density at radius 2 is 2.21 bits per heavy atom. The van der Waals surface area contributed by atoms with Crippen LogP contribution in [0, 0.1) is 0 Å². The van der Waals surface area contributed by atoms with E-state index >= 15 is 0 Å². The van der Waals surface area contributed by atoms with Gasteiger partial charge in [-0.2, -0.15) is 0 Å². The number of carbonyl (C=O) groups is 1. The zero-order valence-electron chi connectivity index (χ0n) is 11.4. The van der Waals surface area contributed by atoms with E-state index in [0.29, 0.717) is 13.0 Å². The smallest absolute Gasteiger partial charge is 0.228 e. The summed E-state index contributed by atoms with van der Waals surface area (Å²) in [5.41, 5.74) is 2.79. The van der Waals surface area contributed by atoms with Crippen molar-refractivity contribution in [2.24, 2.45) is 7.05 Å². The van der Waals surface area contributed by atoms with Crippen molar-refractivity contribution < 1.29 is 4.79 Å². The second-order valence-electron chi connectivity index (χ2n) is 4.76. The van der Waals surface area contributed by atoms with Crippen LogP contribution in [-0.4, -0.2) is 31.4 Å². The normalized spacial score (nSPS) is 10.9. The Balaban J connectivity index is 2.07. The average Bonchev–Trinajstić information content (AvgIpc) is 2.97. The second kappa shape index (κ2) is 5.97. The lowest BCUT2D eigenvalue weighted by molar-refractivity contribution is -0.132. The van der Waals surface area contributed by atoms with E-state index < -0.39 is 0 Å². The van der Waals surface area contributed by atoms with Crippen molar-refractivity contribution in [3.63, 3.8) is 0 Å². The maximum atomic E-state index is 12.4. The monoisotopic (exact) mass is 278 g/mol. The highest BCUT2D eigenvalue weighted by molar-refractivity contribution is 7.09. The maximum Gasteiger partial charge on any atom is 0.228 e. The largest absolute Gasteiger partial charge is 0.336 e. The van der Waals surface area contributed by atoms with Gasteiger partial charge in [0.05, 0.1) is 30.5 Å². The molecule has 0 aliphatic rings. The van der Waals surface area contributed by atoms with E-state index in [1.807, 2.05) is 30.4 Å². The molecule has 6 heteroatoms. The van der Waals surface area contributed by atoms with Crippen molar-refractivity contribution in [1.82, 2.24) is 19.4 Å². The molecule has 0 unspecified atom stereocenters. The van der Waals surface area contributed by atoms with Crippen LogP contribution in [0.5, 0.6) is 0 Å². The van der Waals surface area contributed by atoms with E-state index in [2.05, 4.69) is 9.97 Å². The molecule has 102 valence electrons. The van der Waals surface area contributed by atoms with Gasteiger partial charge in [-0.3, -0.25) is 9.78 Å². The van der Waals surface area contributed by atoms with Crippen LogP contribution in [0.15, 0.2) is 24.2 Å². The summed E-state index contributed by atoms with van der Waals surface area (Å²) >= 11 is 1.52. The molecule has 1 amide bonds. The number of aryl methyl sites for hydroxylation is 1. The third-order valence-corrected chi connectivity index (χ3v) is 3.78. The van der Waals surface area contributed by atoms with Crippen molar-refractivity contribution in [1.29, 1.82) is 0 Å². The van der Waals surface area contributed by atoms with Crippen LogP contribution < -0.4 is 0 Å². The van der Waals surface area contributed by atoms with Gasteiger partial charge < -0.3 is 9.47 Å². The van der Waals surface area contributed by atoms with Gasteiger partial charge >= 0.3 is 0 Å². The topological polar surface area (TPSA) is 51.0 Å². The number of carbonyl (C=O) groups excluding carboxylic acids is 1. The molecule has 2 aromatic heterocycles. The number of aromatic nitrogens is 3. The van der Waals surface area contributed by atoms with Crippen molar-refractivity contribution >= 4 is 17.2 Å². The Hall–Kier alpha value is -1.69. The zero-order chi connectivity index (χ0) is 13.8.